The molecule has 0 radical (unpaired) electrons. The van der Waals surface area contributed by atoms with E-state index in [9.17, 15) is 0 Å². The summed E-state index contributed by atoms with van der Waals surface area (Å²) in [4.78, 5) is 2.37. The van der Waals surface area contributed by atoms with Crippen LogP contribution in [-0.4, -0.2) is 50.9 Å². The van der Waals surface area contributed by atoms with E-state index in [1.807, 2.05) is 25.2 Å². The number of nitrogens with one attached hydrogen (secondary N) is 1. The van der Waals surface area contributed by atoms with Crippen LogP contribution >= 0.6 is 11.6 Å². The molecule has 0 saturated carbocycles. The quantitative estimate of drug-likeness (QED) is 0.873. The third kappa shape index (κ3) is 4.09. The fourth-order valence-electron chi connectivity index (χ4n) is 2.39. The van der Waals surface area contributed by atoms with E-state index in [1.54, 1.807) is 0 Å². The molecule has 5 heteroatoms. The minimum absolute atomic E-state index is 0.113. The van der Waals surface area contributed by atoms with Crippen molar-refractivity contribution >= 4 is 11.6 Å². The summed E-state index contributed by atoms with van der Waals surface area (Å²) >= 11 is 6.23. The lowest BCUT2D eigenvalue weighted by Crippen LogP contribution is -2.44. The van der Waals surface area contributed by atoms with Crippen LogP contribution in [-0.2, 0) is 11.3 Å². The highest BCUT2D eigenvalue weighted by Crippen LogP contribution is 2.29. The summed E-state index contributed by atoms with van der Waals surface area (Å²) in [5.41, 5.74) is 1.07. The number of ether oxygens (including phenoxy) is 2. The zero-order valence-corrected chi connectivity index (χ0v) is 12.9. The van der Waals surface area contributed by atoms with Gasteiger partial charge in [0.25, 0.3) is 0 Å². The largest absolute Gasteiger partial charge is 0.489 e. The molecule has 1 saturated heterocycles. The molecule has 20 heavy (non-hydrogen) atoms. The number of likely N-dealkylation sites (N-methyl/N-ethyl adjacent to an activating group) is 1. The minimum Gasteiger partial charge on any atom is -0.489 e. The molecule has 0 bridgehead atoms. The van der Waals surface area contributed by atoms with E-state index in [4.69, 9.17) is 21.1 Å². The van der Waals surface area contributed by atoms with Crippen molar-refractivity contribution in [2.45, 2.75) is 19.6 Å². The Morgan fingerprint density at radius 3 is 3.10 bits per heavy atom. The predicted molar refractivity (Wildman–Crippen MR) is 81.6 cm³/mol. The third-order valence-corrected chi connectivity index (χ3v) is 3.80. The molecular formula is C15H23ClN2O2. The highest BCUT2D eigenvalue weighted by Gasteiger charge is 2.20. The molecule has 2 rings (SSSR count). The number of hydrogen-bond acceptors (Lipinski definition) is 4. The lowest BCUT2D eigenvalue weighted by atomic mass is 10.2. The maximum atomic E-state index is 6.23. The van der Waals surface area contributed by atoms with Crippen LogP contribution in [0.5, 0.6) is 5.75 Å². The monoisotopic (exact) mass is 298 g/mol. The number of morpholine rings is 1. The van der Waals surface area contributed by atoms with Crippen LogP contribution in [0.25, 0.3) is 0 Å². The Morgan fingerprint density at radius 1 is 1.50 bits per heavy atom. The Labute approximate surface area is 126 Å². The number of halogens is 1. The SMILES string of the molecule is CCN1CCOC(COc2c(Cl)cccc2CNC)C1. The van der Waals surface area contributed by atoms with Gasteiger partial charge in [0.15, 0.2) is 0 Å². The maximum absolute atomic E-state index is 6.23. The average molecular weight is 299 g/mol. The topological polar surface area (TPSA) is 33.7 Å². The molecule has 1 aliphatic rings. The molecule has 0 amide bonds. The van der Waals surface area contributed by atoms with Gasteiger partial charge in [0.1, 0.15) is 18.5 Å². The molecule has 0 aliphatic carbocycles. The first kappa shape index (κ1) is 15.6. The summed E-state index contributed by atoms with van der Waals surface area (Å²) in [7, 11) is 1.91. The van der Waals surface area contributed by atoms with Gasteiger partial charge in [-0.05, 0) is 19.7 Å². The lowest BCUT2D eigenvalue weighted by molar-refractivity contribution is -0.0465. The van der Waals surface area contributed by atoms with Crippen LogP contribution in [0.3, 0.4) is 0 Å². The second kappa shape index (κ2) is 7.84. The number of benzene rings is 1. The second-order valence-corrected chi connectivity index (χ2v) is 5.36. The molecule has 1 fully saturated rings. The molecule has 1 heterocycles. The van der Waals surface area contributed by atoms with Crippen molar-refractivity contribution < 1.29 is 9.47 Å². The van der Waals surface area contributed by atoms with Crippen LogP contribution in [0.15, 0.2) is 18.2 Å². The van der Waals surface area contributed by atoms with E-state index in [1.165, 1.54) is 0 Å². The molecular weight excluding hydrogens is 276 g/mol. The average Bonchev–Trinajstić information content (AvgIpc) is 2.47. The van der Waals surface area contributed by atoms with Crippen LogP contribution in [0.2, 0.25) is 5.02 Å². The van der Waals surface area contributed by atoms with E-state index in [2.05, 4.69) is 17.1 Å². The molecule has 1 aromatic carbocycles. The summed E-state index contributed by atoms with van der Waals surface area (Å²) in [6.45, 7) is 7.19. The van der Waals surface area contributed by atoms with Crippen molar-refractivity contribution in [3.8, 4) is 5.75 Å². The van der Waals surface area contributed by atoms with Gasteiger partial charge in [0.05, 0.1) is 11.6 Å². The third-order valence-electron chi connectivity index (χ3n) is 3.50. The zero-order chi connectivity index (χ0) is 14.4. The fourth-order valence-corrected chi connectivity index (χ4v) is 2.64. The molecule has 112 valence electrons. The van der Waals surface area contributed by atoms with Crippen molar-refractivity contribution in [3.05, 3.63) is 28.8 Å². The summed E-state index contributed by atoms with van der Waals surface area (Å²) in [6.07, 6.45) is 0.113. The summed E-state index contributed by atoms with van der Waals surface area (Å²) in [5, 5.41) is 3.78. The molecule has 1 aromatic rings. The van der Waals surface area contributed by atoms with Gasteiger partial charge in [0.2, 0.25) is 0 Å². The minimum atomic E-state index is 0.113. The number of rotatable bonds is 6. The van der Waals surface area contributed by atoms with Gasteiger partial charge in [-0.1, -0.05) is 30.7 Å². The van der Waals surface area contributed by atoms with Gasteiger partial charge in [-0.15, -0.1) is 0 Å². The van der Waals surface area contributed by atoms with E-state index in [0.717, 1.165) is 44.1 Å². The standard InChI is InChI=1S/C15H23ClN2O2/c1-3-18-7-8-19-13(10-18)11-20-15-12(9-17-2)5-4-6-14(15)16/h4-6,13,17H,3,7-11H2,1-2H3. The van der Waals surface area contributed by atoms with E-state index < -0.39 is 0 Å². The Hall–Kier alpha value is -0.810. The predicted octanol–water partition coefficient (Wildman–Crippen LogP) is 2.16. The van der Waals surface area contributed by atoms with Crippen LogP contribution < -0.4 is 10.1 Å². The Kier molecular flexibility index (Phi) is 6.10. The molecule has 0 spiro atoms. The van der Waals surface area contributed by atoms with E-state index in [0.29, 0.717) is 11.6 Å². The van der Waals surface area contributed by atoms with Crippen molar-refractivity contribution in [2.75, 3.05) is 39.9 Å². The molecule has 0 aromatic heterocycles. The summed E-state index contributed by atoms with van der Waals surface area (Å²) < 4.78 is 11.7. The molecule has 1 unspecified atom stereocenters. The first-order chi connectivity index (χ1) is 9.74. The maximum Gasteiger partial charge on any atom is 0.142 e. The lowest BCUT2D eigenvalue weighted by Gasteiger charge is -2.32. The van der Waals surface area contributed by atoms with Crippen LogP contribution in [0.1, 0.15) is 12.5 Å². The van der Waals surface area contributed by atoms with Crippen molar-refractivity contribution in [2.24, 2.45) is 0 Å². The van der Waals surface area contributed by atoms with Gasteiger partial charge in [-0.25, -0.2) is 0 Å². The smallest absolute Gasteiger partial charge is 0.142 e. The zero-order valence-electron chi connectivity index (χ0n) is 12.2. The highest BCUT2D eigenvalue weighted by atomic mass is 35.5. The first-order valence-electron chi connectivity index (χ1n) is 7.13. The van der Waals surface area contributed by atoms with Crippen molar-refractivity contribution in [1.82, 2.24) is 10.2 Å². The molecule has 1 aliphatic heterocycles. The summed E-state index contributed by atoms with van der Waals surface area (Å²) in [5.74, 6) is 0.765. The van der Waals surface area contributed by atoms with Gasteiger partial charge in [-0.2, -0.15) is 0 Å². The highest BCUT2D eigenvalue weighted by molar-refractivity contribution is 6.32. The van der Waals surface area contributed by atoms with E-state index >= 15 is 0 Å². The first-order valence-corrected chi connectivity index (χ1v) is 7.51. The summed E-state index contributed by atoms with van der Waals surface area (Å²) in [6, 6.07) is 5.83. The Balaban J connectivity index is 1.96. The van der Waals surface area contributed by atoms with Gasteiger partial charge in [0, 0.05) is 25.2 Å². The number of nitrogens with zero attached hydrogens (tertiary/aromatic N) is 1. The van der Waals surface area contributed by atoms with Crippen LogP contribution in [0.4, 0.5) is 0 Å². The molecule has 4 nitrogen and oxygen atoms in total. The Morgan fingerprint density at radius 2 is 2.35 bits per heavy atom. The van der Waals surface area contributed by atoms with Gasteiger partial charge < -0.3 is 14.8 Å². The van der Waals surface area contributed by atoms with Crippen molar-refractivity contribution in [3.63, 3.8) is 0 Å². The second-order valence-electron chi connectivity index (χ2n) is 4.96. The van der Waals surface area contributed by atoms with E-state index in [-0.39, 0.29) is 6.10 Å². The Bertz CT molecular complexity index is 428. The number of para-hydroxylation sites is 1. The normalized spacial score (nSPS) is 20.1. The van der Waals surface area contributed by atoms with Gasteiger partial charge >= 0.3 is 0 Å². The van der Waals surface area contributed by atoms with Gasteiger partial charge in [-0.3, -0.25) is 4.90 Å². The fraction of sp³-hybridized carbons (Fsp3) is 0.600. The number of hydrogen-bond donors (Lipinski definition) is 1. The van der Waals surface area contributed by atoms with Crippen LogP contribution in [0, 0.1) is 0 Å². The van der Waals surface area contributed by atoms with Crippen molar-refractivity contribution in [1.29, 1.82) is 0 Å². The molecule has 1 atom stereocenters. The molecule has 1 N–H and O–H groups in total.